The van der Waals surface area contributed by atoms with Gasteiger partial charge in [-0.25, -0.2) is 0 Å². The van der Waals surface area contributed by atoms with Crippen LogP contribution in [-0.4, -0.2) is 19.1 Å². The van der Waals surface area contributed by atoms with Crippen LogP contribution in [-0.2, 0) is 0 Å². The molecule has 448 valence electrons. The molecule has 8 heteroatoms. The third kappa shape index (κ3) is 8.77. The first-order chi connectivity index (χ1) is 47.6. The number of rotatable bonds is 7. The van der Waals surface area contributed by atoms with Gasteiger partial charge in [-0.2, -0.15) is 0 Å². The van der Waals surface area contributed by atoms with Crippen molar-refractivity contribution in [3.8, 4) is 67.0 Å². The summed E-state index contributed by atoms with van der Waals surface area (Å²) in [6.07, 6.45) is 4.05. The van der Waals surface area contributed by atoms with Gasteiger partial charge in [-0.3, -0.25) is 9.97 Å². The molecule has 21 rings (SSSR count). The fraction of sp³-hybridized carbons (Fsp3) is 0. The van der Waals surface area contributed by atoms with Crippen LogP contribution >= 0.6 is 45.3 Å². The van der Waals surface area contributed by atoms with E-state index < -0.39 is 0 Å². The maximum absolute atomic E-state index is 5.17. The molecule has 13 aromatic carbocycles. The summed E-state index contributed by atoms with van der Waals surface area (Å²) in [6.45, 7) is 0. The average Bonchev–Trinajstić information content (AvgIpc) is 1.57. The Hall–Kier alpha value is -11.4. The lowest BCUT2D eigenvalue weighted by Gasteiger charge is -2.11. The van der Waals surface area contributed by atoms with Crippen molar-refractivity contribution in [1.82, 2.24) is 19.1 Å². The van der Waals surface area contributed by atoms with E-state index in [0.29, 0.717) is 0 Å². The van der Waals surface area contributed by atoms with Crippen molar-refractivity contribution in [3.05, 3.63) is 316 Å². The van der Waals surface area contributed by atoms with Crippen LogP contribution in [0.15, 0.2) is 316 Å². The second-order valence-corrected chi connectivity index (χ2v) is 28.9. The van der Waals surface area contributed by atoms with Gasteiger partial charge in [0.1, 0.15) is 0 Å². The molecule has 8 heterocycles. The van der Waals surface area contributed by atoms with Gasteiger partial charge in [-0.1, -0.05) is 237 Å². The first-order valence-electron chi connectivity index (χ1n) is 32.3. The minimum Gasteiger partial charge on any atom is -0.308 e. The molecule has 0 spiro atoms. The molecule has 0 fully saturated rings. The molecule has 0 aliphatic carbocycles. The van der Waals surface area contributed by atoms with E-state index in [1.165, 1.54) is 147 Å². The number of hydrogen-bond donors (Lipinski definition) is 0. The first-order valence-corrected chi connectivity index (χ1v) is 35.6. The van der Waals surface area contributed by atoms with Crippen molar-refractivity contribution < 1.29 is 0 Å². The predicted molar refractivity (Wildman–Crippen MR) is 416 cm³/mol. The summed E-state index contributed by atoms with van der Waals surface area (Å²) in [4.78, 5) is 10.3. The summed E-state index contributed by atoms with van der Waals surface area (Å²) >= 11 is 7.52. The summed E-state index contributed by atoms with van der Waals surface area (Å²) in [7, 11) is 0. The van der Waals surface area contributed by atoms with Gasteiger partial charge in [0.2, 0.25) is 0 Å². The van der Waals surface area contributed by atoms with E-state index >= 15 is 0 Å². The highest BCUT2D eigenvalue weighted by molar-refractivity contribution is 7.27. The molecule has 0 unspecified atom stereocenters. The highest BCUT2D eigenvalue weighted by Gasteiger charge is 2.23. The fourth-order valence-electron chi connectivity index (χ4n) is 14.8. The second kappa shape index (κ2) is 22.1. The topological polar surface area (TPSA) is 35.6 Å². The molecular formula is C88H52N4S4. The Labute approximate surface area is 567 Å². The zero-order chi connectivity index (χ0) is 63.0. The first kappa shape index (κ1) is 55.1. The van der Waals surface area contributed by atoms with Crippen molar-refractivity contribution in [2.45, 2.75) is 0 Å². The van der Waals surface area contributed by atoms with Crippen LogP contribution in [0.2, 0.25) is 0 Å². The zero-order valence-corrected chi connectivity index (χ0v) is 54.7. The van der Waals surface area contributed by atoms with E-state index in [9.17, 15) is 0 Å². The van der Waals surface area contributed by atoms with Gasteiger partial charge >= 0.3 is 0 Å². The number of fused-ring (bicyclic) bond motifs is 18. The highest BCUT2D eigenvalue weighted by Crippen LogP contribution is 2.49. The maximum atomic E-state index is 5.17. The molecule has 0 atom stereocenters. The Balaban J connectivity index is 0.000000132. The van der Waals surface area contributed by atoms with Crippen molar-refractivity contribution in [1.29, 1.82) is 0 Å². The lowest BCUT2D eigenvalue weighted by molar-refractivity contribution is 1.18. The van der Waals surface area contributed by atoms with E-state index in [1.54, 1.807) is 0 Å². The molecule has 96 heavy (non-hydrogen) atoms. The molecular weight excluding hydrogens is 1240 g/mol. The molecule has 0 bridgehead atoms. The quantitative estimate of drug-likeness (QED) is 0.159. The largest absolute Gasteiger partial charge is 0.308 e. The normalized spacial score (nSPS) is 12.0. The number of nitrogens with zero attached hydrogens (tertiary/aromatic N) is 4. The van der Waals surface area contributed by atoms with Gasteiger partial charge in [0.25, 0.3) is 0 Å². The Kier molecular flexibility index (Phi) is 12.7. The number of pyridine rings is 2. The number of hydrogen-bond acceptors (Lipinski definition) is 6. The maximum Gasteiger partial charge on any atom is 0.0964 e. The van der Waals surface area contributed by atoms with Gasteiger partial charge in [-0.15, -0.1) is 45.3 Å². The second-order valence-electron chi connectivity index (χ2n) is 24.7. The summed E-state index contributed by atoms with van der Waals surface area (Å²) in [5, 5.41) is 12.8. The lowest BCUT2D eigenvalue weighted by Crippen LogP contribution is -1.94. The molecule has 0 N–H and O–H groups in total. The average molecular weight is 1290 g/mol. The van der Waals surface area contributed by atoms with Gasteiger partial charge in [-0.05, 0) is 111 Å². The molecule has 0 amide bonds. The van der Waals surface area contributed by atoms with Crippen LogP contribution in [0.3, 0.4) is 0 Å². The van der Waals surface area contributed by atoms with Crippen LogP contribution < -0.4 is 0 Å². The summed E-state index contributed by atoms with van der Waals surface area (Å²) in [5.74, 6) is 0. The van der Waals surface area contributed by atoms with E-state index in [2.05, 4.69) is 312 Å². The minimum atomic E-state index is 1.02. The monoisotopic (exact) mass is 1290 g/mol. The SMILES string of the molecule is c1ccc(-c2cnc3c4cc5c(cc4n(-c4ccc(-c6cccc7c6sc6c(-c8ccccc8)cccc67)cc4)c3c2)sc2ccccc25)cc1.c1ccc(-c2cnc3c4cc5c(cc4n(-c4cccc6c4sc4c(-c7ccccc7)cccc46)c3c2)sc2ccccc25)cc1. The molecule has 0 saturated carbocycles. The Morgan fingerprint density at radius 3 is 1.07 bits per heavy atom. The van der Waals surface area contributed by atoms with Crippen LogP contribution in [0.5, 0.6) is 0 Å². The third-order valence-corrected chi connectivity index (χ3v) is 24.1. The Morgan fingerprint density at radius 2 is 0.594 bits per heavy atom. The van der Waals surface area contributed by atoms with E-state index in [4.69, 9.17) is 9.97 Å². The number of benzene rings is 13. The molecule has 0 radical (unpaired) electrons. The fourth-order valence-corrected chi connectivity index (χ4v) is 19.8. The third-order valence-electron chi connectivity index (χ3n) is 19.3. The van der Waals surface area contributed by atoms with Crippen LogP contribution in [0.25, 0.3) is 192 Å². The minimum absolute atomic E-state index is 1.02. The molecule has 8 aromatic heterocycles. The number of aromatic nitrogens is 4. The van der Waals surface area contributed by atoms with E-state index in [1.807, 2.05) is 57.7 Å². The molecule has 0 aliphatic rings. The molecule has 0 aliphatic heterocycles. The summed E-state index contributed by atoms with van der Waals surface area (Å²) < 4.78 is 15.4. The smallest absolute Gasteiger partial charge is 0.0964 e. The van der Waals surface area contributed by atoms with Gasteiger partial charge in [0.05, 0.1) is 43.5 Å². The van der Waals surface area contributed by atoms with Crippen LogP contribution in [0, 0.1) is 0 Å². The molecule has 21 aromatic rings. The van der Waals surface area contributed by atoms with E-state index in [-0.39, 0.29) is 0 Å². The van der Waals surface area contributed by atoms with Gasteiger partial charge in [0.15, 0.2) is 0 Å². The van der Waals surface area contributed by atoms with Gasteiger partial charge < -0.3 is 9.13 Å². The van der Waals surface area contributed by atoms with Crippen molar-refractivity contribution in [2.75, 3.05) is 0 Å². The highest BCUT2D eigenvalue weighted by atomic mass is 32.1. The van der Waals surface area contributed by atoms with Crippen LogP contribution in [0.4, 0.5) is 0 Å². The van der Waals surface area contributed by atoms with E-state index in [0.717, 1.165) is 44.4 Å². The number of thiophene rings is 4. The lowest BCUT2D eigenvalue weighted by atomic mass is 10.00. The van der Waals surface area contributed by atoms with Crippen molar-refractivity contribution >= 4 is 170 Å². The van der Waals surface area contributed by atoms with Crippen molar-refractivity contribution in [3.63, 3.8) is 0 Å². The molecule has 0 saturated heterocycles. The standard InChI is InChI=1S/C47H28N2S2.C41H24N2S2/c1-3-11-29(12-4-1)32-25-42-45(48-28-32)40-26-39-36-15-7-8-20-43(36)50-44(39)27-41(40)49(42)33-23-21-31(22-24-33)35-17-10-19-38-37-18-9-16-34(46(37)51-47(35)38)30-13-5-2-6-14-30;1-3-11-25(12-4-1)27-21-36-39(42-24-27)33-22-32-29-15-7-8-20-37(29)44-38(32)23-35(33)43(36)34-19-10-18-31-30-17-9-16-28(40(30)45-41(31)34)26-13-5-2-6-14-26/h1-28H;1-24H. The summed E-state index contributed by atoms with van der Waals surface area (Å²) in [5.41, 5.74) is 21.1. The van der Waals surface area contributed by atoms with Crippen LogP contribution in [0.1, 0.15) is 0 Å². The Bertz CT molecular complexity index is 6670. The molecule has 4 nitrogen and oxygen atoms in total. The summed E-state index contributed by atoms with van der Waals surface area (Å²) in [6, 6.07) is 110. The zero-order valence-electron chi connectivity index (χ0n) is 51.4. The van der Waals surface area contributed by atoms with Crippen molar-refractivity contribution in [2.24, 2.45) is 0 Å². The Morgan fingerprint density at radius 1 is 0.219 bits per heavy atom. The predicted octanol–water partition coefficient (Wildman–Crippen LogP) is 26.2. The van der Waals surface area contributed by atoms with Gasteiger partial charge in [0, 0.05) is 116 Å².